The maximum absolute atomic E-state index is 4.47. The molecule has 0 fully saturated rings. The van der Waals surface area contributed by atoms with Gasteiger partial charge in [-0.1, -0.05) is 66.2 Å². The van der Waals surface area contributed by atoms with Crippen LogP contribution in [0.4, 0.5) is 0 Å². The Labute approximate surface area is 129 Å². The van der Waals surface area contributed by atoms with E-state index in [1.54, 1.807) is 0 Å². The monoisotopic (exact) mass is 284 g/mol. The van der Waals surface area contributed by atoms with E-state index in [4.69, 9.17) is 0 Å². The largest absolute Gasteiger partial charge is 0.277 e. The lowest BCUT2D eigenvalue weighted by atomic mass is 10.0. The highest BCUT2D eigenvalue weighted by Crippen LogP contribution is 2.26. The van der Waals surface area contributed by atoms with Gasteiger partial charge in [0.2, 0.25) is 0 Å². The Morgan fingerprint density at radius 3 is 2.27 bits per heavy atom. The third kappa shape index (κ3) is 2.29. The topological polar surface area (TPSA) is 28.7 Å². The van der Waals surface area contributed by atoms with Crippen LogP contribution in [-0.4, -0.2) is 10.2 Å². The fourth-order valence-electron chi connectivity index (χ4n) is 2.70. The first kappa shape index (κ1) is 12.8. The molecule has 1 heterocycles. The number of benzene rings is 3. The minimum atomic E-state index is 0.973. The second kappa shape index (κ2) is 5.15. The van der Waals surface area contributed by atoms with Crippen molar-refractivity contribution in [1.29, 1.82) is 0 Å². The van der Waals surface area contributed by atoms with Gasteiger partial charge in [-0.2, -0.15) is 5.10 Å². The van der Waals surface area contributed by atoms with Gasteiger partial charge in [0.25, 0.3) is 0 Å². The fraction of sp³-hybridized carbons (Fsp3) is 0.0500. The van der Waals surface area contributed by atoms with Crippen molar-refractivity contribution in [3.8, 4) is 22.5 Å². The summed E-state index contributed by atoms with van der Waals surface area (Å²) in [7, 11) is 0. The number of hydrogen-bond donors (Lipinski definition) is 1. The molecule has 3 aromatic carbocycles. The van der Waals surface area contributed by atoms with Gasteiger partial charge < -0.3 is 0 Å². The number of nitrogens with zero attached hydrogens (tertiary/aromatic N) is 1. The molecule has 22 heavy (non-hydrogen) atoms. The molecule has 0 saturated carbocycles. The van der Waals surface area contributed by atoms with Crippen molar-refractivity contribution in [2.45, 2.75) is 6.92 Å². The van der Waals surface area contributed by atoms with Gasteiger partial charge in [-0.15, -0.1) is 0 Å². The third-order valence-corrected chi connectivity index (χ3v) is 3.99. The van der Waals surface area contributed by atoms with E-state index in [1.165, 1.54) is 16.3 Å². The molecular formula is C20H16N2. The number of nitrogens with one attached hydrogen (secondary N) is 1. The van der Waals surface area contributed by atoms with Crippen LogP contribution in [0, 0.1) is 6.92 Å². The van der Waals surface area contributed by atoms with E-state index < -0.39 is 0 Å². The molecule has 2 heteroatoms. The van der Waals surface area contributed by atoms with Crippen LogP contribution in [0.2, 0.25) is 0 Å². The molecule has 0 spiro atoms. The summed E-state index contributed by atoms with van der Waals surface area (Å²) >= 11 is 0. The van der Waals surface area contributed by atoms with Gasteiger partial charge in [-0.25, -0.2) is 0 Å². The van der Waals surface area contributed by atoms with Gasteiger partial charge in [0.05, 0.1) is 11.4 Å². The zero-order chi connectivity index (χ0) is 14.9. The summed E-state index contributed by atoms with van der Waals surface area (Å²) in [6.45, 7) is 2.09. The van der Waals surface area contributed by atoms with E-state index in [1.807, 2.05) is 0 Å². The predicted octanol–water partition coefficient (Wildman–Crippen LogP) is 5.21. The fourth-order valence-corrected chi connectivity index (χ4v) is 2.70. The molecule has 1 N–H and O–H groups in total. The van der Waals surface area contributed by atoms with Gasteiger partial charge in [0.15, 0.2) is 0 Å². The first-order valence-corrected chi connectivity index (χ1v) is 7.41. The van der Waals surface area contributed by atoms with E-state index in [0.717, 1.165) is 22.5 Å². The summed E-state index contributed by atoms with van der Waals surface area (Å²) in [4.78, 5) is 0. The highest BCUT2D eigenvalue weighted by atomic mass is 15.1. The molecular weight excluding hydrogens is 268 g/mol. The Morgan fingerprint density at radius 1 is 0.727 bits per heavy atom. The van der Waals surface area contributed by atoms with Crippen LogP contribution in [0.1, 0.15) is 5.56 Å². The molecule has 4 aromatic rings. The number of H-pyrrole nitrogens is 1. The smallest absolute Gasteiger partial charge is 0.0927 e. The zero-order valence-corrected chi connectivity index (χ0v) is 12.4. The summed E-state index contributed by atoms with van der Waals surface area (Å²) in [5.41, 5.74) is 5.57. The van der Waals surface area contributed by atoms with E-state index in [9.17, 15) is 0 Å². The Morgan fingerprint density at radius 2 is 1.45 bits per heavy atom. The third-order valence-electron chi connectivity index (χ3n) is 3.99. The molecule has 0 radical (unpaired) electrons. The van der Waals surface area contributed by atoms with Crippen molar-refractivity contribution >= 4 is 10.8 Å². The van der Waals surface area contributed by atoms with E-state index >= 15 is 0 Å². The average molecular weight is 284 g/mol. The molecule has 0 aliphatic carbocycles. The predicted molar refractivity (Wildman–Crippen MR) is 91.7 cm³/mol. The van der Waals surface area contributed by atoms with Crippen LogP contribution < -0.4 is 0 Å². The van der Waals surface area contributed by atoms with E-state index in [0.29, 0.717) is 0 Å². The average Bonchev–Trinajstić information content (AvgIpc) is 3.05. The Bertz CT molecular complexity index is 933. The number of hydrogen-bond acceptors (Lipinski definition) is 1. The van der Waals surface area contributed by atoms with Crippen LogP contribution >= 0.6 is 0 Å². The first-order chi connectivity index (χ1) is 10.8. The zero-order valence-electron chi connectivity index (χ0n) is 12.4. The lowest BCUT2D eigenvalue weighted by Gasteiger charge is -2.00. The van der Waals surface area contributed by atoms with Crippen LogP contribution in [0.5, 0.6) is 0 Å². The molecule has 0 amide bonds. The summed E-state index contributed by atoms with van der Waals surface area (Å²) in [6, 6.07) is 25.4. The van der Waals surface area contributed by atoms with Crippen molar-refractivity contribution in [3.63, 3.8) is 0 Å². The molecule has 0 bridgehead atoms. The normalized spacial score (nSPS) is 11.0. The van der Waals surface area contributed by atoms with Gasteiger partial charge in [0.1, 0.15) is 0 Å². The number of rotatable bonds is 2. The minimum Gasteiger partial charge on any atom is -0.277 e. The van der Waals surface area contributed by atoms with Crippen LogP contribution in [0.15, 0.2) is 72.8 Å². The Balaban J connectivity index is 1.74. The van der Waals surface area contributed by atoms with E-state index in [-0.39, 0.29) is 0 Å². The molecule has 106 valence electrons. The number of aromatic nitrogens is 2. The Hall–Kier alpha value is -2.87. The first-order valence-electron chi connectivity index (χ1n) is 7.41. The molecule has 1 aromatic heterocycles. The maximum atomic E-state index is 4.47. The van der Waals surface area contributed by atoms with Crippen LogP contribution in [-0.2, 0) is 0 Å². The summed E-state index contributed by atoms with van der Waals surface area (Å²) < 4.78 is 0. The minimum absolute atomic E-state index is 0.973. The standard InChI is InChI=1S/C20H16N2/c1-14-6-8-16(9-7-14)19-13-20(22-21-19)18-11-10-15-4-2-3-5-17(15)12-18/h2-13H,1H3,(H,21,22). The van der Waals surface area contributed by atoms with Gasteiger partial charge in [-0.05, 0) is 35.4 Å². The van der Waals surface area contributed by atoms with Crippen molar-refractivity contribution < 1.29 is 0 Å². The van der Waals surface area contributed by atoms with Gasteiger partial charge in [-0.3, -0.25) is 5.10 Å². The van der Waals surface area contributed by atoms with Gasteiger partial charge in [0, 0.05) is 5.56 Å². The highest BCUT2D eigenvalue weighted by Gasteiger charge is 2.06. The molecule has 0 aliphatic heterocycles. The van der Waals surface area contributed by atoms with Crippen molar-refractivity contribution in [2.24, 2.45) is 0 Å². The Kier molecular flexibility index (Phi) is 3.01. The van der Waals surface area contributed by atoms with Crippen LogP contribution in [0.25, 0.3) is 33.3 Å². The summed E-state index contributed by atoms with van der Waals surface area (Å²) in [6.07, 6.45) is 0. The number of aromatic amines is 1. The van der Waals surface area contributed by atoms with Gasteiger partial charge >= 0.3 is 0 Å². The highest BCUT2D eigenvalue weighted by molar-refractivity contribution is 5.87. The maximum Gasteiger partial charge on any atom is 0.0927 e. The molecule has 0 atom stereocenters. The van der Waals surface area contributed by atoms with E-state index in [2.05, 4.69) is 89.9 Å². The van der Waals surface area contributed by atoms with Crippen molar-refractivity contribution in [2.75, 3.05) is 0 Å². The quantitative estimate of drug-likeness (QED) is 0.538. The molecule has 0 aliphatic rings. The lowest BCUT2D eigenvalue weighted by molar-refractivity contribution is 1.10. The molecule has 0 saturated heterocycles. The summed E-state index contributed by atoms with van der Waals surface area (Å²) in [5.74, 6) is 0. The number of aryl methyl sites for hydroxylation is 1. The molecule has 2 nitrogen and oxygen atoms in total. The number of fused-ring (bicyclic) bond motifs is 1. The van der Waals surface area contributed by atoms with Crippen LogP contribution in [0.3, 0.4) is 0 Å². The molecule has 4 rings (SSSR count). The SMILES string of the molecule is Cc1ccc(-c2cc(-c3ccc4ccccc4c3)n[nH]2)cc1. The van der Waals surface area contributed by atoms with Crippen molar-refractivity contribution in [1.82, 2.24) is 10.2 Å². The molecule has 0 unspecified atom stereocenters. The lowest BCUT2D eigenvalue weighted by Crippen LogP contribution is -1.79. The van der Waals surface area contributed by atoms with Crippen molar-refractivity contribution in [3.05, 3.63) is 78.4 Å². The second-order valence-electron chi connectivity index (χ2n) is 5.59. The second-order valence-corrected chi connectivity index (χ2v) is 5.59. The summed E-state index contributed by atoms with van der Waals surface area (Å²) in [5, 5.41) is 10.1.